The summed E-state index contributed by atoms with van der Waals surface area (Å²) >= 11 is 3.54. The lowest BCUT2D eigenvalue weighted by Crippen LogP contribution is -2.22. The molecule has 0 aliphatic heterocycles. The van der Waals surface area contributed by atoms with E-state index in [4.69, 9.17) is 4.74 Å². The first-order chi connectivity index (χ1) is 7.95. The van der Waals surface area contributed by atoms with Gasteiger partial charge in [0.1, 0.15) is 5.75 Å². The molecule has 0 aromatic heterocycles. The first kappa shape index (κ1) is 12.9. The van der Waals surface area contributed by atoms with Gasteiger partial charge in [-0.2, -0.15) is 0 Å². The molecular formula is C14H19BrO2. The van der Waals surface area contributed by atoms with E-state index in [1.54, 1.807) is 7.11 Å². The summed E-state index contributed by atoms with van der Waals surface area (Å²) in [5, 5.41) is 10.4. The molecule has 0 radical (unpaired) electrons. The second-order valence-electron chi connectivity index (χ2n) is 5.17. The lowest BCUT2D eigenvalue weighted by molar-refractivity contribution is 0.0742. The van der Waals surface area contributed by atoms with Crippen molar-refractivity contribution in [1.29, 1.82) is 0 Å². The van der Waals surface area contributed by atoms with Crippen LogP contribution in [0.1, 0.15) is 43.4 Å². The van der Waals surface area contributed by atoms with Gasteiger partial charge in [-0.1, -0.05) is 0 Å². The standard InChI is InChI=1S/C14H19BrO2/c1-14(2,16)12-10-7-5-4-6-9(10)8-11(15)13(12)17-3/h8,16H,4-7H2,1-3H3. The Bertz CT molecular complexity index is 433. The minimum absolute atomic E-state index is 0.776. The van der Waals surface area contributed by atoms with Crippen molar-refractivity contribution in [3.63, 3.8) is 0 Å². The largest absolute Gasteiger partial charge is 0.495 e. The molecule has 1 aliphatic carbocycles. The summed E-state index contributed by atoms with van der Waals surface area (Å²) in [5.41, 5.74) is 2.71. The summed E-state index contributed by atoms with van der Waals surface area (Å²) < 4.78 is 6.40. The van der Waals surface area contributed by atoms with Crippen molar-refractivity contribution in [3.8, 4) is 5.75 Å². The van der Waals surface area contributed by atoms with E-state index in [1.807, 2.05) is 13.8 Å². The van der Waals surface area contributed by atoms with Crippen LogP contribution < -0.4 is 4.74 Å². The average Bonchev–Trinajstić information content (AvgIpc) is 2.25. The number of aryl methyl sites for hydroxylation is 1. The zero-order chi connectivity index (χ0) is 12.6. The number of halogens is 1. The normalized spacial score (nSPS) is 15.6. The molecule has 3 heteroatoms. The van der Waals surface area contributed by atoms with Gasteiger partial charge in [0.2, 0.25) is 0 Å². The molecule has 0 bridgehead atoms. The predicted octanol–water partition coefficient (Wildman–Crippen LogP) is 3.56. The average molecular weight is 299 g/mol. The maximum Gasteiger partial charge on any atom is 0.139 e. The number of hydrogen-bond acceptors (Lipinski definition) is 2. The van der Waals surface area contributed by atoms with Gasteiger partial charge in [0, 0.05) is 5.56 Å². The summed E-state index contributed by atoms with van der Waals surface area (Å²) in [5.74, 6) is 0.776. The fourth-order valence-electron chi connectivity index (χ4n) is 2.70. The smallest absolute Gasteiger partial charge is 0.139 e. The van der Waals surface area contributed by atoms with E-state index in [2.05, 4.69) is 22.0 Å². The lowest BCUT2D eigenvalue weighted by Gasteiger charge is -2.29. The van der Waals surface area contributed by atoms with E-state index in [9.17, 15) is 5.11 Å². The van der Waals surface area contributed by atoms with Crippen LogP contribution in [-0.2, 0) is 18.4 Å². The van der Waals surface area contributed by atoms with Gasteiger partial charge < -0.3 is 9.84 Å². The fourth-order valence-corrected chi connectivity index (χ4v) is 3.33. The summed E-state index contributed by atoms with van der Waals surface area (Å²) in [6, 6.07) is 2.14. The molecule has 1 aliphatic rings. The number of aliphatic hydroxyl groups is 1. The third-order valence-corrected chi connectivity index (χ3v) is 3.96. The summed E-state index contributed by atoms with van der Waals surface area (Å²) in [6.45, 7) is 3.65. The van der Waals surface area contributed by atoms with Crippen molar-refractivity contribution in [3.05, 3.63) is 27.2 Å². The molecule has 0 spiro atoms. The monoisotopic (exact) mass is 298 g/mol. The van der Waals surface area contributed by atoms with E-state index in [-0.39, 0.29) is 0 Å². The molecule has 0 saturated carbocycles. The Morgan fingerprint density at radius 2 is 1.94 bits per heavy atom. The Kier molecular flexibility index (Phi) is 3.50. The van der Waals surface area contributed by atoms with E-state index in [1.165, 1.54) is 24.0 Å². The molecule has 1 aromatic rings. The van der Waals surface area contributed by atoms with Crippen LogP contribution in [0, 0.1) is 0 Å². The SMILES string of the molecule is COc1c(Br)cc2c(c1C(C)(C)O)CCCC2. The molecule has 1 aromatic carbocycles. The van der Waals surface area contributed by atoms with Crippen LogP contribution in [-0.4, -0.2) is 12.2 Å². The fraction of sp³-hybridized carbons (Fsp3) is 0.571. The van der Waals surface area contributed by atoms with Crippen molar-refractivity contribution in [2.45, 2.75) is 45.1 Å². The van der Waals surface area contributed by atoms with E-state index >= 15 is 0 Å². The molecule has 0 unspecified atom stereocenters. The van der Waals surface area contributed by atoms with Gasteiger partial charge >= 0.3 is 0 Å². The predicted molar refractivity (Wildman–Crippen MR) is 72.6 cm³/mol. The summed E-state index contributed by atoms with van der Waals surface area (Å²) in [6.07, 6.45) is 4.57. The van der Waals surface area contributed by atoms with E-state index in [0.717, 1.165) is 28.6 Å². The number of hydrogen-bond donors (Lipinski definition) is 1. The van der Waals surface area contributed by atoms with Gasteiger partial charge in [-0.15, -0.1) is 0 Å². The zero-order valence-electron chi connectivity index (χ0n) is 10.6. The molecule has 94 valence electrons. The Hall–Kier alpha value is -0.540. The number of fused-ring (bicyclic) bond motifs is 1. The number of rotatable bonds is 2. The second kappa shape index (κ2) is 4.62. The number of benzene rings is 1. The third-order valence-electron chi connectivity index (χ3n) is 3.37. The van der Waals surface area contributed by atoms with E-state index in [0.29, 0.717) is 0 Å². The number of ether oxygens (including phenoxy) is 1. The molecule has 0 saturated heterocycles. The Labute approximate surface area is 111 Å². The Morgan fingerprint density at radius 3 is 2.53 bits per heavy atom. The van der Waals surface area contributed by atoms with Crippen molar-refractivity contribution in [2.24, 2.45) is 0 Å². The van der Waals surface area contributed by atoms with Crippen molar-refractivity contribution >= 4 is 15.9 Å². The molecule has 0 atom stereocenters. The highest BCUT2D eigenvalue weighted by Gasteiger charge is 2.29. The molecule has 1 N–H and O–H groups in total. The first-order valence-corrected chi connectivity index (χ1v) is 6.85. The topological polar surface area (TPSA) is 29.5 Å². The maximum absolute atomic E-state index is 10.4. The minimum atomic E-state index is -0.865. The molecule has 0 heterocycles. The molecule has 0 fully saturated rings. The van der Waals surface area contributed by atoms with Gasteiger partial charge in [-0.3, -0.25) is 0 Å². The highest BCUT2D eigenvalue weighted by atomic mass is 79.9. The van der Waals surface area contributed by atoms with Crippen LogP contribution in [0.2, 0.25) is 0 Å². The van der Waals surface area contributed by atoms with Gasteiger partial charge in [0.05, 0.1) is 17.2 Å². The van der Waals surface area contributed by atoms with Gasteiger partial charge in [0.15, 0.2) is 0 Å². The van der Waals surface area contributed by atoms with Gasteiger partial charge in [0.25, 0.3) is 0 Å². The van der Waals surface area contributed by atoms with Gasteiger partial charge in [-0.25, -0.2) is 0 Å². The molecule has 17 heavy (non-hydrogen) atoms. The highest BCUT2D eigenvalue weighted by molar-refractivity contribution is 9.10. The third kappa shape index (κ3) is 2.36. The van der Waals surface area contributed by atoms with Crippen LogP contribution in [0.25, 0.3) is 0 Å². The zero-order valence-corrected chi connectivity index (χ0v) is 12.2. The highest BCUT2D eigenvalue weighted by Crippen LogP contribution is 2.42. The van der Waals surface area contributed by atoms with Crippen LogP contribution in [0.4, 0.5) is 0 Å². The van der Waals surface area contributed by atoms with Gasteiger partial charge in [-0.05, 0) is 72.7 Å². The lowest BCUT2D eigenvalue weighted by atomic mass is 9.82. The van der Waals surface area contributed by atoms with Crippen LogP contribution >= 0.6 is 15.9 Å². The molecular weight excluding hydrogens is 280 g/mol. The van der Waals surface area contributed by atoms with Crippen molar-refractivity contribution in [1.82, 2.24) is 0 Å². The van der Waals surface area contributed by atoms with Crippen LogP contribution in [0.15, 0.2) is 10.5 Å². The first-order valence-electron chi connectivity index (χ1n) is 6.06. The van der Waals surface area contributed by atoms with Crippen LogP contribution in [0.3, 0.4) is 0 Å². The van der Waals surface area contributed by atoms with Crippen LogP contribution in [0.5, 0.6) is 5.75 Å². The molecule has 2 nitrogen and oxygen atoms in total. The van der Waals surface area contributed by atoms with Crippen molar-refractivity contribution in [2.75, 3.05) is 7.11 Å². The van der Waals surface area contributed by atoms with Crippen molar-refractivity contribution < 1.29 is 9.84 Å². The van der Waals surface area contributed by atoms with E-state index < -0.39 is 5.60 Å². The molecule has 2 rings (SSSR count). The summed E-state index contributed by atoms with van der Waals surface area (Å²) in [7, 11) is 1.66. The summed E-state index contributed by atoms with van der Waals surface area (Å²) in [4.78, 5) is 0. The maximum atomic E-state index is 10.4. The second-order valence-corrected chi connectivity index (χ2v) is 6.02. The number of methoxy groups -OCH3 is 1. The molecule has 0 amide bonds. The minimum Gasteiger partial charge on any atom is -0.495 e. The quantitative estimate of drug-likeness (QED) is 0.904. The Morgan fingerprint density at radius 1 is 1.29 bits per heavy atom. The Balaban J connectivity index is 2.70.